The average Bonchev–Trinajstić information content (AvgIpc) is 2.26. The van der Waals surface area contributed by atoms with Crippen LogP contribution in [0, 0.1) is 0 Å². The van der Waals surface area contributed by atoms with Crippen LogP contribution in [0.3, 0.4) is 0 Å². The van der Waals surface area contributed by atoms with Crippen LogP contribution in [0.4, 0.5) is 0 Å². The van der Waals surface area contributed by atoms with Gasteiger partial charge in [0.25, 0.3) is 5.97 Å². The van der Waals surface area contributed by atoms with Crippen molar-refractivity contribution in [3.8, 4) is 0 Å². The zero-order valence-electron chi connectivity index (χ0n) is 11.3. The summed E-state index contributed by atoms with van der Waals surface area (Å²) in [5.41, 5.74) is 0. The van der Waals surface area contributed by atoms with Gasteiger partial charge in [-0.25, -0.2) is 0 Å². The van der Waals surface area contributed by atoms with Gasteiger partial charge in [0.2, 0.25) is 0 Å². The third kappa shape index (κ3) is 31.3. The van der Waals surface area contributed by atoms with E-state index < -0.39 is 5.97 Å². The molecule has 0 fully saturated rings. The molecule has 0 spiro atoms. The number of carboxylic acid groups (broad SMARTS) is 1. The molecule has 17 heavy (non-hydrogen) atoms. The van der Waals surface area contributed by atoms with Gasteiger partial charge in [0.05, 0.1) is 0 Å². The summed E-state index contributed by atoms with van der Waals surface area (Å²) in [6.07, 6.45) is 14.4. The molecule has 0 radical (unpaired) electrons. The Morgan fingerprint density at radius 2 is 1.47 bits per heavy atom. The fourth-order valence-electron chi connectivity index (χ4n) is 1.37. The van der Waals surface area contributed by atoms with Crippen molar-refractivity contribution in [3.05, 3.63) is 12.2 Å². The van der Waals surface area contributed by atoms with Crippen molar-refractivity contribution in [1.29, 1.82) is 0 Å². The molecule has 0 aromatic heterocycles. The van der Waals surface area contributed by atoms with E-state index in [0.29, 0.717) is 6.61 Å². The Balaban J connectivity index is 0. The SMILES string of the molecule is CC(=O)O.CC/C=C\CCCCCCCCO. The van der Waals surface area contributed by atoms with Crippen LogP contribution in [-0.2, 0) is 4.79 Å². The molecular weight excluding hydrogens is 216 g/mol. The second-order valence-electron chi connectivity index (χ2n) is 4.03. The maximum Gasteiger partial charge on any atom is 0.300 e. The zero-order valence-corrected chi connectivity index (χ0v) is 11.3. The van der Waals surface area contributed by atoms with E-state index in [4.69, 9.17) is 15.0 Å². The Labute approximate surface area is 106 Å². The summed E-state index contributed by atoms with van der Waals surface area (Å²) in [6.45, 7) is 3.62. The van der Waals surface area contributed by atoms with Gasteiger partial charge in [-0.2, -0.15) is 0 Å². The lowest BCUT2D eigenvalue weighted by Gasteiger charge is -1.98. The summed E-state index contributed by atoms with van der Waals surface area (Å²) >= 11 is 0. The van der Waals surface area contributed by atoms with Gasteiger partial charge in [-0.1, -0.05) is 44.8 Å². The highest BCUT2D eigenvalue weighted by Crippen LogP contribution is 2.07. The predicted octanol–water partition coefficient (Wildman–Crippen LogP) is 3.77. The molecule has 0 aromatic rings. The Morgan fingerprint density at radius 3 is 1.94 bits per heavy atom. The van der Waals surface area contributed by atoms with Gasteiger partial charge in [-0.15, -0.1) is 0 Å². The van der Waals surface area contributed by atoms with Crippen molar-refractivity contribution in [1.82, 2.24) is 0 Å². The molecule has 0 saturated carbocycles. The summed E-state index contributed by atoms with van der Waals surface area (Å²) in [5.74, 6) is -0.833. The second kappa shape index (κ2) is 17.6. The molecule has 0 unspecified atom stereocenters. The van der Waals surface area contributed by atoms with E-state index in [0.717, 1.165) is 19.8 Å². The lowest BCUT2D eigenvalue weighted by molar-refractivity contribution is -0.134. The van der Waals surface area contributed by atoms with Crippen molar-refractivity contribution in [3.63, 3.8) is 0 Å². The Bertz CT molecular complexity index is 172. The maximum absolute atomic E-state index is 9.00. The summed E-state index contributed by atoms with van der Waals surface area (Å²) < 4.78 is 0. The van der Waals surface area contributed by atoms with Gasteiger partial charge in [0, 0.05) is 13.5 Å². The van der Waals surface area contributed by atoms with E-state index in [-0.39, 0.29) is 0 Å². The van der Waals surface area contributed by atoms with Gasteiger partial charge >= 0.3 is 0 Å². The molecule has 0 aliphatic heterocycles. The van der Waals surface area contributed by atoms with Crippen molar-refractivity contribution in [2.75, 3.05) is 6.61 Å². The molecule has 0 atom stereocenters. The highest BCUT2D eigenvalue weighted by atomic mass is 16.4. The molecule has 2 N–H and O–H groups in total. The van der Waals surface area contributed by atoms with Crippen LogP contribution >= 0.6 is 0 Å². The van der Waals surface area contributed by atoms with E-state index in [1.165, 1.54) is 38.5 Å². The van der Waals surface area contributed by atoms with E-state index in [9.17, 15) is 0 Å². The Hall–Kier alpha value is -0.830. The minimum absolute atomic E-state index is 0.360. The normalized spacial score (nSPS) is 10.1. The van der Waals surface area contributed by atoms with Gasteiger partial charge in [0.1, 0.15) is 0 Å². The molecule has 0 bridgehead atoms. The summed E-state index contributed by atoms with van der Waals surface area (Å²) in [7, 11) is 0. The lowest BCUT2D eigenvalue weighted by Crippen LogP contribution is -1.83. The first-order chi connectivity index (χ1) is 8.15. The molecule has 102 valence electrons. The number of carbonyl (C=O) groups is 1. The van der Waals surface area contributed by atoms with Gasteiger partial charge in [0.15, 0.2) is 0 Å². The molecule has 0 aliphatic carbocycles. The molecule has 0 heterocycles. The quantitative estimate of drug-likeness (QED) is 0.479. The van der Waals surface area contributed by atoms with E-state index in [2.05, 4.69) is 19.1 Å². The number of rotatable bonds is 9. The first-order valence-electron chi connectivity index (χ1n) is 6.60. The van der Waals surface area contributed by atoms with Crippen LogP contribution in [0.1, 0.15) is 65.2 Å². The maximum atomic E-state index is 9.00. The molecule has 0 aliphatic rings. The van der Waals surface area contributed by atoms with Gasteiger partial charge < -0.3 is 10.2 Å². The van der Waals surface area contributed by atoms with Crippen LogP contribution in [0.2, 0.25) is 0 Å². The second-order valence-corrected chi connectivity index (χ2v) is 4.03. The molecule has 3 heteroatoms. The first-order valence-corrected chi connectivity index (χ1v) is 6.60. The summed E-state index contributed by atoms with van der Waals surface area (Å²) in [5, 5.41) is 16.0. The average molecular weight is 244 g/mol. The third-order valence-electron chi connectivity index (χ3n) is 2.18. The monoisotopic (exact) mass is 244 g/mol. The van der Waals surface area contributed by atoms with Crippen LogP contribution < -0.4 is 0 Å². The number of aliphatic carboxylic acids is 1. The molecule has 0 rings (SSSR count). The lowest BCUT2D eigenvalue weighted by atomic mass is 10.1. The topological polar surface area (TPSA) is 57.5 Å². The number of aliphatic hydroxyl groups is 1. The van der Waals surface area contributed by atoms with Gasteiger partial charge in [-0.3, -0.25) is 4.79 Å². The Morgan fingerprint density at radius 1 is 1.00 bits per heavy atom. The molecule has 3 nitrogen and oxygen atoms in total. The number of allylic oxidation sites excluding steroid dienone is 2. The first kappa shape index (κ1) is 18.5. The van der Waals surface area contributed by atoms with Gasteiger partial charge in [-0.05, 0) is 25.7 Å². The summed E-state index contributed by atoms with van der Waals surface area (Å²) in [4.78, 5) is 9.00. The third-order valence-corrected chi connectivity index (χ3v) is 2.18. The van der Waals surface area contributed by atoms with Crippen LogP contribution in [-0.4, -0.2) is 22.8 Å². The fraction of sp³-hybridized carbons (Fsp3) is 0.786. The van der Waals surface area contributed by atoms with Crippen molar-refractivity contribution >= 4 is 5.97 Å². The Kier molecular flexibility index (Phi) is 19.1. The van der Waals surface area contributed by atoms with Crippen molar-refractivity contribution < 1.29 is 15.0 Å². The molecule has 0 aromatic carbocycles. The standard InChI is InChI=1S/C12H24O.C2H4O2/c1-2-3-4-5-6-7-8-9-10-11-12-13;1-2(3)4/h3-4,13H,2,5-12H2,1H3;1H3,(H,3,4)/b4-3-;. The van der Waals surface area contributed by atoms with Crippen molar-refractivity contribution in [2.45, 2.75) is 65.2 Å². The number of aliphatic hydroxyl groups excluding tert-OH is 1. The van der Waals surface area contributed by atoms with Crippen LogP contribution in [0.15, 0.2) is 12.2 Å². The van der Waals surface area contributed by atoms with E-state index in [1.807, 2.05) is 0 Å². The van der Waals surface area contributed by atoms with E-state index >= 15 is 0 Å². The summed E-state index contributed by atoms with van der Waals surface area (Å²) in [6, 6.07) is 0. The van der Waals surface area contributed by atoms with Crippen LogP contribution in [0.25, 0.3) is 0 Å². The number of carboxylic acids is 1. The number of hydrogen-bond acceptors (Lipinski definition) is 2. The minimum Gasteiger partial charge on any atom is -0.481 e. The zero-order chi connectivity index (χ0) is 13.4. The molecule has 0 saturated heterocycles. The number of unbranched alkanes of at least 4 members (excludes halogenated alkanes) is 6. The highest BCUT2D eigenvalue weighted by Gasteiger charge is 1.89. The number of hydrogen-bond donors (Lipinski definition) is 2. The molecular formula is C14H28O3. The predicted molar refractivity (Wildman–Crippen MR) is 72.1 cm³/mol. The van der Waals surface area contributed by atoms with E-state index in [1.54, 1.807) is 0 Å². The minimum atomic E-state index is -0.833. The van der Waals surface area contributed by atoms with Crippen molar-refractivity contribution in [2.24, 2.45) is 0 Å². The molecule has 0 amide bonds. The largest absolute Gasteiger partial charge is 0.481 e. The van der Waals surface area contributed by atoms with Crippen LogP contribution in [0.5, 0.6) is 0 Å². The fourth-order valence-corrected chi connectivity index (χ4v) is 1.37. The smallest absolute Gasteiger partial charge is 0.300 e. The highest BCUT2D eigenvalue weighted by molar-refractivity contribution is 5.62.